The molecule has 0 spiro atoms. The molecule has 3 atom stereocenters. The van der Waals surface area contributed by atoms with Crippen LogP contribution in [0.25, 0.3) is 0 Å². The first-order chi connectivity index (χ1) is 14.5. The number of carbonyl (C=O) groups is 1. The zero-order chi connectivity index (χ0) is 21.1. The molecule has 2 aliphatic heterocycles. The fourth-order valence-corrected chi connectivity index (χ4v) is 7.22. The van der Waals surface area contributed by atoms with Crippen molar-refractivity contribution in [3.63, 3.8) is 0 Å². The minimum atomic E-state index is -3.39. The standard InChI is InChI=1S/C24H36N2O3S/c1-19-15-18-26(23-8-4-3-7-22(19)23)24(27)14-11-20-9-12-21(13-10-20)30(28,29)25-16-5-2-6-17-25/h9-10,12-13,19,22-23H,2-8,11,14-18H2,1H3. The number of fused-ring (bicyclic) bond motifs is 1. The van der Waals surface area contributed by atoms with Crippen LogP contribution >= 0.6 is 0 Å². The molecule has 1 aromatic carbocycles. The summed E-state index contributed by atoms with van der Waals surface area (Å²) in [6.45, 7) is 4.49. The maximum absolute atomic E-state index is 13.0. The molecule has 1 saturated carbocycles. The van der Waals surface area contributed by atoms with Crippen LogP contribution in [0.15, 0.2) is 29.2 Å². The number of amides is 1. The summed E-state index contributed by atoms with van der Waals surface area (Å²) in [5, 5.41) is 0. The fourth-order valence-electron chi connectivity index (χ4n) is 5.70. The van der Waals surface area contributed by atoms with Gasteiger partial charge in [-0.2, -0.15) is 4.31 Å². The molecule has 5 nitrogen and oxygen atoms in total. The summed E-state index contributed by atoms with van der Waals surface area (Å²) < 4.78 is 27.2. The molecule has 3 fully saturated rings. The molecule has 0 N–H and O–H groups in total. The summed E-state index contributed by atoms with van der Waals surface area (Å²) in [6.07, 6.45) is 10.3. The van der Waals surface area contributed by atoms with Crippen LogP contribution in [0, 0.1) is 11.8 Å². The molecule has 3 aliphatic rings. The van der Waals surface area contributed by atoms with E-state index in [4.69, 9.17) is 0 Å². The number of benzene rings is 1. The SMILES string of the molecule is CC1CCN(C(=O)CCc2ccc(S(=O)(=O)N3CCCCC3)cc2)C2CCCCC12. The van der Waals surface area contributed by atoms with Gasteiger partial charge in [0, 0.05) is 32.1 Å². The molecule has 166 valence electrons. The summed E-state index contributed by atoms with van der Waals surface area (Å²) in [4.78, 5) is 15.5. The Hall–Kier alpha value is -1.40. The third-order valence-electron chi connectivity index (χ3n) is 7.56. The van der Waals surface area contributed by atoms with Crippen molar-refractivity contribution in [2.24, 2.45) is 11.8 Å². The highest BCUT2D eigenvalue weighted by molar-refractivity contribution is 7.89. The maximum Gasteiger partial charge on any atom is 0.243 e. The second-order valence-electron chi connectivity index (χ2n) is 9.48. The van der Waals surface area contributed by atoms with E-state index in [0.717, 1.165) is 50.1 Å². The Labute approximate surface area is 181 Å². The predicted octanol–water partition coefficient (Wildman–Crippen LogP) is 4.22. The van der Waals surface area contributed by atoms with Crippen molar-refractivity contribution in [2.75, 3.05) is 19.6 Å². The average molecular weight is 433 g/mol. The van der Waals surface area contributed by atoms with Crippen molar-refractivity contribution in [1.82, 2.24) is 9.21 Å². The van der Waals surface area contributed by atoms with Gasteiger partial charge < -0.3 is 4.90 Å². The fraction of sp³-hybridized carbons (Fsp3) is 0.708. The van der Waals surface area contributed by atoms with Crippen LogP contribution < -0.4 is 0 Å². The number of carbonyl (C=O) groups excluding carboxylic acids is 1. The Bertz CT molecular complexity index is 831. The van der Waals surface area contributed by atoms with E-state index in [1.54, 1.807) is 16.4 Å². The van der Waals surface area contributed by atoms with Crippen LogP contribution in [-0.2, 0) is 21.2 Å². The van der Waals surface area contributed by atoms with E-state index < -0.39 is 10.0 Å². The molecule has 1 aromatic rings. The summed E-state index contributed by atoms with van der Waals surface area (Å²) in [5.41, 5.74) is 1.03. The van der Waals surface area contributed by atoms with Gasteiger partial charge in [-0.3, -0.25) is 4.79 Å². The third-order valence-corrected chi connectivity index (χ3v) is 9.48. The lowest BCUT2D eigenvalue weighted by Crippen LogP contribution is -2.52. The predicted molar refractivity (Wildman–Crippen MR) is 119 cm³/mol. The molecule has 0 aromatic heterocycles. The highest BCUT2D eigenvalue weighted by atomic mass is 32.2. The minimum absolute atomic E-state index is 0.267. The molecule has 0 bridgehead atoms. The van der Waals surface area contributed by atoms with Crippen molar-refractivity contribution >= 4 is 15.9 Å². The van der Waals surface area contributed by atoms with Gasteiger partial charge in [0.1, 0.15) is 0 Å². The van der Waals surface area contributed by atoms with Gasteiger partial charge in [0.15, 0.2) is 0 Å². The average Bonchev–Trinajstić information content (AvgIpc) is 2.79. The molecule has 6 heteroatoms. The zero-order valence-electron chi connectivity index (χ0n) is 18.3. The van der Waals surface area contributed by atoms with E-state index >= 15 is 0 Å². The molecule has 0 radical (unpaired) electrons. The van der Waals surface area contributed by atoms with Crippen LogP contribution in [0.3, 0.4) is 0 Å². The van der Waals surface area contributed by atoms with E-state index in [2.05, 4.69) is 11.8 Å². The van der Waals surface area contributed by atoms with Crippen LogP contribution in [-0.4, -0.2) is 49.2 Å². The molecule has 3 unspecified atom stereocenters. The lowest BCUT2D eigenvalue weighted by atomic mass is 9.72. The lowest BCUT2D eigenvalue weighted by molar-refractivity contribution is -0.139. The molecule has 30 heavy (non-hydrogen) atoms. The second kappa shape index (κ2) is 9.39. The largest absolute Gasteiger partial charge is 0.339 e. The Morgan fingerprint density at radius 3 is 2.37 bits per heavy atom. The lowest BCUT2D eigenvalue weighted by Gasteiger charge is -2.47. The Morgan fingerprint density at radius 2 is 1.63 bits per heavy atom. The quantitative estimate of drug-likeness (QED) is 0.700. The number of hydrogen-bond donors (Lipinski definition) is 0. The number of nitrogens with zero attached hydrogens (tertiary/aromatic N) is 2. The van der Waals surface area contributed by atoms with Gasteiger partial charge in [0.2, 0.25) is 15.9 Å². The van der Waals surface area contributed by atoms with Gasteiger partial charge in [-0.15, -0.1) is 0 Å². The molecule has 2 saturated heterocycles. The molecule has 4 rings (SSSR count). The monoisotopic (exact) mass is 432 g/mol. The van der Waals surface area contributed by atoms with Crippen molar-refractivity contribution in [1.29, 1.82) is 0 Å². The van der Waals surface area contributed by atoms with E-state index in [0.29, 0.717) is 42.8 Å². The zero-order valence-corrected chi connectivity index (χ0v) is 19.1. The van der Waals surface area contributed by atoms with Crippen molar-refractivity contribution in [2.45, 2.75) is 82.1 Å². The minimum Gasteiger partial charge on any atom is -0.339 e. The van der Waals surface area contributed by atoms with Gasteiger partial charge in [0.25, 0.3) is 0 Å². The number of rotatable bonds is 5. The Kier molecular flexibility index (Phi) is 6.83. The number of hydrogen-bond acceptors (Lipinski definition) is 3. The molecule has 1 amide bonds. The van der Waals surface area contributed by atoms with Gasteiger partial charge >= 0.3 is 0 Å². The molecular weight excluding hydrogens is 396 g/mol. The highest BCUT2D eigenvalue weighted by Gasteiger charge is 2.39. The van der Waals surface area contributed by atoms with Crippen molar-refractivity contribution in [3.05, 3.63) is 29.8 Å². The van der Waals surface area contributed by atoms with E-state index in [-0.39, 0.29) is 5.91 Å². The number of piperidine rings is 2. The maximum atomic E-state index is 13.0. The number of aryl methyl sites for hydroxylation is 1. The first kappa shape index (κ1) is 21.8. The topological polar surface area (TPSA) is 57.7 Å². The Balaban J connectivity index is 1.35. The van der Waals surface area contributed by atoms with Crippen LogP contribution in [0.1, 0.15) is 70.3 Å². The number of sulfonamides is 1. The van der Waals surface area contributed by atoms with E-state index in [1.165, 1.54) is 19.3 Å². The van der Waals surface area contributed by atoms with Crippen LogP contribution in [0.2, 0.25) is 0 Å². The van der Waals surface area contributed by atoms with Gasteiger partial charge in [0.05, 0.1) is 4.90 Å². The molecule has 2 heterocycles. The summed E-state index contributed by atoms with van der Waals surface area (Å²) >= 11 is 0. The van der Waals surface area contributed by atoms with Crippen molar-refractivity contribution < 1.29 is 13.2 Å². The smallest absolute Gasteiger partial charge is 0.243 e. The Morgan fingerprint density at radius 1 is 0.933 bits per heavy atom. The first-order valence-electron chi connectivity index (χ1n) is 11.9. The summed E-state index contributed by atoms with van der Waals surface area (Å²) in [6, 6.07) is 7.62. The van der Waals surface area contributed by atoms with Crippen molar-refractivity contribution in [3.8, 4) is 0 Å². The van der Waals surface area contributed by atoms with Crippen LogP contribution in [0.5, 0.6) is 0 Å². The third kappa shape index (κ3) is 4.59. The van der Waals surface area contributed by atoms with Gasteiger partial charge in [-0.25, -0.2) is 8.42 Å². The molecular formula is C24H36N2O3S. The summed E-state index contributed by atoms with van der Waals surface area (Å²) in [7, 11) is -3.39. The van der Waals surface area contributed by atoms with E-state index in [9.17, 15) is 13.2 Å². The normalized spacial score (nSPS) is 28.2. The summed E-state index contributed by atoms with van der Waals surface area (Å²) in [5.74, 6) is 1.67. The van der Waals surface area contributed by atoms with Crippen LogP contribution in [0.4, 0.5) is 0 Å². The highest BCUT2D eigenvalue weighted by Crippen LogP contribution is 2.39. The van der Waals surface area contributed by atoms with E-state index in [1.807, 2.05) is 12.1 Å². The number of likely N-dealkylation sites (tertiary alicyclic amines) is 1. The second-order valence-corrected chi connectivity index (χ2v) is 11.4. The van der Waals surface area contributed by atoms with Gasteiger partial charge in [-0.05, 0) is 68.1 Å². The first-order valence-corrected chi connectivity index (χ1v) is 13.3. The molecule has 1 aliphatic carbocycles. The van der Waals surface area contributed by atoms with Gasteiger partial charge in [-0.1, -0.05) is 38.3 Å².